The molecule has 1 atom stereocenters. The summed E-state index contributed by atoms with van der Waals surface area (Å²) >= 11 is 1.74. The highest BCUT2D eigenvalue weighted by atomic mass is 32.1. The van der Waals surface area contributed by atoms with Crippen LogP contribution in [0.1, 0.15) is 57.2 Å². The summed E-state index contributed by atoms with van der Waals surface area (Å²) < 4.78 is 1.87. The molecule has 182 valence electrons. The Bertz CT molecular complexity index is 1340. The fourth-order valence-corrected chi connectivity index (χ4v) is 6.35. The number of nitrogens with one attached hydrogen (secondary N) is 1. The zero-order valence-corrected chi connectivity index (χ0v) is 22.0. The molecule has 0 spiro atoms. The fourth-order valence-electron chi connectivity index (χ4n) is 5.23. The molecule has 5 heterocycles. The van der Waals surface area contributed by atoms with E-state index in [1.54, 1.807) is 17.7 Å². The Balaban J connectivity index is 1.51. The number of H-pyrrole nitrogens is 1. The number of fused-ring (bicyclic) bond motifs is 2. The summed E-state index contributed by atoms with van der Waals surface area (Å²) in [4.78, 5) is 19.2. The van der Waals surface area contributed by atoms with Gasteiger partial charge in [-0.3, -0.25) is 4.90 Å². The van der Waals surface area contributed by atoms with Gasteiger partial charge in [0.1, 0.15) is 16.7 Å². The largest absolute Gasteiger partial charge is 0.389 e. The number of aryl methyl sites for hydroxylation is 1. The summed E-state index contributed by atoms with van der Waals surface area (Å²) in [7, 11) is 0. The highest BCUT2D eigenvalue weighted by molar-refractivity contribution is 7.21. The Kier molecular flexibility index (Phi) is 5.69. The predicted molar refractivity (Wildman–Crippen MR) is 139 cm³/mol. The van der Waals surface area contributed by atoms with E-state index in [0.717, 1.165) is 57.6 Å². The van der Waals surface area contributed by atoms with E-state index >= 15 is 0 Å². The monoisotopic (exact) mass is 481 g/mol. The Morgan fingerprint density at radius 1 is 1.24 bits per heavy atom. The molecule has 9 heteroatoms. The third kappa shape index (κ3) is 3.99. The van der Waals surface area contributed by atoms with E-state index in [1.165, 1.54) is 11.1 Å². The molecule has 0 aliphatic carbocycles. The summed E-state index contributed by atoms with van der Waals surface area (Å²) in [5.74, 6) is 0.325. The minimum absolute atomic E-state index is 0.325. The number of aromatic nitrogens is 5. The van der Waals surface area contributed by atoms with Crippen LogP contribution in [0.15, 0.2) is 12.5 Å². The molecule has 2 N–H and O–H groups in total. The van der Waals surface area contributed by atoms with Gasteiger partial charge in [0.25, 0.3) is 0 Å². The topological polar surface area (TPSA) is 85.6 Å². The van der Waals surface area contributed by atoms with Crippen molar-refractivity contribution in [3.8, 4) is 11.3 Å². The third-order valence-corrected chi connectivity index (χ3v) is 7.93. The summed E-state index contributed by atoms with van der Waals surface area (Å²) in [6, 6.07) is 0.341. The van der Waals surface area contributed by atoms with Crippen LogP contribution in [0.25, 0.3) is 27.3 Å². The van der Waals surface area contributed by atoms with Crippen molar-refractivity contribution in [1.82, 2.24) is 29.5 Å². The maximum absolute atomic E-state index is 10.2. The van der Waals surface area contributed by atoms with Crippen molar-refractivity contribution < 1.29 is 5.11 Å². The number of aliphatic hydroxyl groups is 1. The lowest BCUT2D eigenvalue weighted by Gasteiger charge is -2.41. The number of pyridine rings is 1. The van der Waals surface area contributed by atoms with Crippen molar-refractivity contribution >= 4 is 32.5 Å². The first kappa shape index (κ1) is 23.3. The molecule has 1 fully saturated rings. The average molecular weight is 482 g/mol. The highest BCUT2D eigenvalue weighted by Crippen LogP contribution is 2.41. The number of rotatable bonds is 5. The normalized spacial score (nSPS) is 18.1. The van der Waals surface area contributed by atoms with Gasteiger partial charge >= 0.3 is 0 Å². The van der Waals surface area contributed by atoms with E-state index in [2.05, 4.69) is 65.7 Å². The van der Waals surface area contributed by atoms with Gasteiger partial charge in [-0.2, -0.15) is 5.10 Å². The first-order chi connectivity index (χ1) is 16.0. The second-order valence-electron chi connectivity index (χ2n) is 10.7. The molecule has 0 unspecified atom stereocenters. The lowest BCUT2D eigenvalue weighted by Crippen LogP contribution is -2.54. The van der Waals surface area contributed by atoms with E-state index in [4.69, 9.17) is 4.98 Å². The Morgan fingerprint density at radius 3 is 2.68 bits per heavy atom. The van der Waals surface area contributed by atoms with E-state index in [1.807, 2.05) is 18.4 Å². The van der Waals surface area contributed by atoms with Gasteiger partial charge < -0.3 is 15.0 Å². The van der Waals surface area contributed by atoms with E-state index in [0.29, 0.717) is 18.5 Å². The van der Waals surface area contributed by atoms with Gasteiger partial charge in [0.05, 0.1) is 11.3 Å². The second-order valence-corrected chi connectivity index (χ2v) is 11.6. The van der Waals surface area contributed by atoms with Crippen LogP contribution in [0.3, 0.4) is 0 Å². The van der Waals surface area contributed by atoms with Crippen LogP contribution in [-0.2, 0) is 0 Å². The number of hydrogen-bond acceptors (Lipinski definition) is 7. The van der Waals surface area contributed by atoms with E-state index < -0.39 is 5.60 Å². The maximum atomic E-state index is 10.2. The third-order valence-electron chi connectivity index (χ3n) is 6.92. The molecule has 0 radical (unpaired) electrons. The SMILES string of the molecule is Cc1c(-c2[nH]c3sc(N4CCN(CC(C)(C)O)C[C@H]4C)nc3c2C(C)C)cn2ncnc2c1C. The smallest absolute Gasteiger partial charge is 0.188 e. The lowest BCUT2D eigenvalue weighted by molar-refractivity contribution is 0.0308. The minimum atomic E-state index is -0.673. The van der Waals surface area contributed by atoms with Crippen LogP contribution in [0.4, 0.5) is 5.13 Å². The number of aromatic amines is 1. The molecule has 34 heavy (non-hydrogen) atoms. The van der Waals surface area contributed by atoms with Crippen LogP contribution in [0.5, 0.6) is 0 Å². The van der Waals surface area contributed by atoms with Gasteiger partial charge in [-0.05, 0) is 51.7 Å². The number of thiazole rings is 1. The fraction of sp³-hybridized carbons (Fsp3) is 0.560. The molecule has 1 aliphatic heterocycles. The number of piperazine rings is 1. The van der Waals surface area contributed by atoms with Crippen molar-refractivity contribution in [3.05, 3.63) is 29.2 Å². The Hall–Kier alpha value is -2.49. The van der Waals surface area contributed by atoms with Crippen molar-refractivity contribution in [2.75, 3.05) is 31.1 Å². The van der Waals surface area contributed by atoms with Crippen molar-refractivity contribution in [2.24, 2.45) is 0 Å². The van der Waals surface area contributed by atoms with Gasteiger partial charge in [-0.25, -0.2) is 14.5 Å². The van der Waals surface area contributed by atoms with E-state index in [-0.39, 0.29) is 0 Å². The quantitative estimate of drug-likeness (QED) is 0.441. The molecule has 0 amide bonds. The van der Waals surface area contributed by atoms with Crippen LogP contribution >= 0.6 is 11.3 Å². The minimum Gasteiger partial charge on any atom is -0.389 e. The van der Waals surface area contributed by atoms with Crippen LogP contribution in [-0.4, -0.2) is 72.4 Å². The number of anilines is 1. The molecule has 4 aromatic rings. The van der Waals surface area contributed by atoms with Gasteiger partial charge in [-0.15, -0.1) is 0 Å². The molecule has 5 rings (SSSR count). The van der Waals surface area contributed by atoms with Gasteiger partial charge in [-0.1, -0.05) is 25.2 Å². The average Bonchev–Trinajstić information content (AvgIpc) is 3.43. The number of nitrogens with zero attached hydrogens (tertiary/aromatic N) is 6. The summed E-state index contributed by atoms with van der Waals surface area (Å²) in [6.07, 6.45) is 3.69. The van der Waals surface area contributed by atoms with Crippen LogP contribution in [0, 0.1) is 13.8 Å². The zero-order valence-electron chi connectivity index (χ0n) is 21.2. The van der Waals surface area contributed by atoms with Crippen molar-refractivity contribution in [3.63, 3.8) is 0 Å². The van der Waals surface area contributed by atoms with Gasteiger partial charge in [0, 0.05) is 49.5 Å². The Labute approximate surface area is 204 Å². The zero-order chi connectivity index (χ0) is 24.4. The molecular formula is C25H35N7OS. The number of hydrogen-bond donors (Lipinski definition) is 2. The maximum Gasteiger partial charge on any atom is 0.188 e. The molecular weight excluding hydrogens is 446 g/mol. The molecule has 1 saturated heterocycles. The van der Waals surface area contributed by atoms with Gasteiger partial charge in [0.2, 0.25) is 0 Å². The first-order valence-corrected chi connectivity index (χ1v) is 12.9. The second kappa shape index (κ2) is 8.32. The van der Waals surface area contributed by atoms with Crippen molar-refractivity contribution in [1.29, 1.82) is 0 Å². The summed E-state index contributed by atoms with van der Waals surface area (Å²) in [6.45, 7) is 18.2. The van der Waals surface area contributed by atoms with Crippen molar-refractivity contribution in [2.45, 2.75) is 66.0 Å². The standard InChI is InChI=1S/C25H35N7OS/c1-14(2)19-20(18-11-32-22(26-13-27-32)17(5)16(18)4)28-23-21(19)29-24(34-23)31-9-8-30(10-15(31)3)12-25(6,7)33/h11,13-15,28,33H,8-10,12H2,1-7H3/t15-/m1/s1. The molecule has 4 aromatic heterocycles. The molecule has 0 saturated carbocycles. The lowest BCUT2D eigenvalue weighted by atomic mass is 9.96. The highest BCUT2D eigenvalue weighted by Gasteiger charge is 2.30. The summed E-state index contributed by atoms with van der Waals surface area (Å²) in [5, 5.41) is 15.7. The van der Waals surface area contributed by atoms with Gasteiger partial charge in [0.15, 0.2) is 10.8 Å². The predicted octanol–water partition coefficient (Wildman–Crippen LogP) is 4.36. The molecule has 8 nitrogen and oxygen atoms in total. The molecule has 1 aliphatic rings. The number of β-amino-alcohol motifs (C(OH)–C–C–N with tert-alkyl or cyclic N) is 1. The van der Waals surface area contributed by atoms with Crippen LogP contribution < -0.4 is 4.90 Å². The first-order valence-electron chi connectivity index (χ1n) is 12.1. The van der Waals surface area contributed by atoms with E-state index in [9.17, 15) is 5.11 Å². The van der Waals surface area contributed by atoms with Crippen LogP contribution in [0.2, 0.25) is 0 Å². The molecule has 0 bridgehead atoms. The molecule has 0 aromatic carbocycles. The Morgan fingerprint density at radius 2 is 2.00 bits per heavy atom. The summed E-state index contributed by atoms with van der Waals surface area (Å²) in [5.41, 5.74) is 7.21.